The van der Waals surface area contributed by atoms with E-state index in [2.05, 4.69) is 24.4 Å². The van der Waals surface area contributed by atoms with Crippen molar-refractivity contribution < 1.29 is 36.3 Å². The second kappa shape index (κ2) is 7.35. The number of alkyl halides is 3. The van der Waals surface area contributed by atoms with Crippen LogP contribution in [-0.2, 0) is 16.6 Å². The molecule has 160 valence electrons. The molecule has 0 saturated heterocycles. The van der Waals surface area contributed by atoms with Crippen molar-refractivity contribution in [2.45, 2.75) is 30.3 Å². The molecule has 0 saturated carbocycles. The molecular weight excluding hydrogens is 427 g/mol. The first kappa shape index (κ1) is 20.3. The normalized spacial score (nSPS) is 18.3. The Bertz CT molecular complexity index is 1150. The maximum Gasteiger partial charge on any atom is 0.468 e. The third-order valence-corrected chi connectivity index (χ3v) is 5.67. The highest BCUT2D eigenvalue weighted by Crippen LogP contribution is 2.42. The van der Waals surface area contributed by atoms with Crippen LogP contribution in [0.1, 0.15) is 11.3 Å². The van der Waals surface area contributed by atoms with Crippen molar-refractivity contribution in [2.24, 2.45) is 0 Å². The fourth-order valence-corrected chi connectivity index (χ4v) is 4.09. The van der Waals surface area contributed by atoms with Gasteiger partial charge in [0, 0.05) is 17.7 Å². The molecule has 0 bridgehead atoms. The first-order chi connectivity index (χ1) is 14.2. The zero-order valence-corrected chi connectivity index (χ0v) is 16.8. The van der Waals surface area contributed by atoms with E-state index in [4.69, 9.17) is 9.47 Å². The quantitative estimate of drug-likeness (QED) is 0.647. The van der Waals surface area contributed by atoms with E-state index < -0.39 is 23.3 Å². The van der Waals surface area contributed by atoms with Crippen molar-refractivity contribution in [2.75, 3.05) is 14.2 Å². The number of fused-ring (bicyclic) bond motifs is 2. The Labute approximate surface area is 170 Å². The van der Waals surface area contributed by atoms with E-state index in [1.807, 2.05) is 0 Å². The van der Waals surface area contributed by atoms with Crippen molar-refractivity contribution in [3.8, 4) is 23.0 Å². The lowest BCUT2D eigenvalue weighted by molar-refractivity contribution is -0.281. The molecule has 0 radical (unpaired) electrons. The fourth-order valence-electron chi connectivity index (χ4n) is 2.99. The van der Waals surface area contributed by atoms with Crippen LogP contribution in [0.4, 0.5) is 13.2 Å². The van der Waals surface area contributed by atoms with Gasteiger partial charge in [-0.25, -0.2) is 4.98 Å². The summed E-state index contributed by atoms with van der Waals surface area (Å²) >= 11 is 0. The Morgan fingerprint density at radius 1 is 1.27 bits per heavy atom. The zero-order valence-electron chi connectivity index (χ0n) is 16.0. The summed E-state index contributed by atoms with van der Waals surface area (Å²) in [6, 6.07) is 2.43. The maximum atomic E-state index is 13.4. The predicted molar refractivity (Wildman–Crippen MR) is 99.4 cm³/mol. The fraction of sp³-hybridized carbons (Fsp3) is 0.333. The van der Waals surface area contributed by atoms with E-state index in [1.54, 1.807) is 6.92 Å². The summed E-state index contributed by atoms with van der Waals surface area (Å²) in [7, 11) is 1.32. The second-order valence-electron chi connectivity index (χ2n) is 6.38. The van der Waals surface area contributed by atoms with Crippen LogP contribution in [-0.4, -0.2) is 45.8 Å². The molecule has 2 atom stereocenters. The molecule has 0 amide bonds. The first-order valence-corrected chi connectivity index (χ1v) is 9.91. The molecule has 1 aliphatic rings. The van der Waals surface area contributed by atoms with Crippen LogP contribution in [0.3, 0.4) is 0 Å². The lowest BCUT2D eigenvalue weighted by Gasteiger charge is -2.28. The molecule has 1 aliphatic heterocycles. The summed E-state index contributed by atoms with van der Waals surface area (Å²) in [5, 5.41) is 0.0897. The van der Waals surface area contributed by atoms with Crippen LogP contribution in [0.25, 0.3) is 11.0 Å². The van der Waals surface area contributed by atoms with Crippen LogP contribution in [0.5, 0.6) is 23.0 Å². The summed E-state index contributed by atoms with van der Waals surface area (Å²) in [5.74, 6) is 0.375. The minimum Gasteiger partial charge on any atom is -0.492 e. The van der Waals surface area contributed by atoms with E-state index in [0.717, 1.165) is 0 Å². The van der Waals surface area contributed by atoms with Gasteiger partial charge < -0.3 is 23.9 Å². The molecule has 3 heterocycles. The summed E-state index contributed by atoms with van der Waals surface area (Å²) < 4.78 is 72.4. The van der Waals surface area contributed by atoms with Crippen LogP contribution >= 0.6 is 0 Å². The topological polar surface area (TPSA) is 95.6 Å². The molecule has 0 aliphatic carbocycles. The Morgan fingerprint density at radius 2 is 2.03 bits per heavy atom. The van der Waals surface area contributed by atoms with Gasteiger partial charge >= 0.3 is 12.5 Å². The average Bonchev–Trinajstić information content (AvgIpc) is 3.11. The monoisotopic (exact) mass is 443 g/mol. The molecule has 3 aromatic rings. The molecular formula is C18H16F3N3O5S. The van der Waals surface area contributed by atoms with Crippen molar-refractivity contribution in [1.82, 2.24) is 15.0 Å². The summed E-state index contributed by atoms with van der Waals surface area (Å²) in [6.45, 7) is 1.76. The van der Waals surface area contributed by atoms with Crippen LogP contribution in [0.2, 0.25) is 0 Å². The molecule has 2 aromatic heterocycles. The van der Waals surface area contributed by atoms with E-state index in [-0.39, 0.29) is 33.4 Å². The Balaban J connectivity index is 1.64. The number of nitrogens with zero attached hydrogens (tertiary/aromatic N) is 2. The number of benzene rings is 1. The summed E-state index contributed by atoms with van der Waals surface area (Å²) in [5.41, 5.74) is 1.72. The van der Waals surface area contributed by atoms with E-state index in [1.165, 1.54) is 32.5 Å². The Kier molecular flexibility index (Phi) is 4.96. The summed E-state index contributed by atoms with van der Waals surface area (Å²) in [4.78, 5) is 11.3. The van der Waals surface area contributed by atoms with E-state index in [9.17, 15) is 17.4 Å². The van der Waals surface area contributed by atoms with Crippen molar-refractivity contribution in [1.29, 1.82) is 0 Å². The van der Waals surface area contributed by atoms with Crippen molar-refractivity contribution >= 4 is 21.8 Å². The number of nitrogens with one attached hydrogen (secondary N) is 1. The molecule has 12 heteroatoms. The van der Waals surface area contributed by atoms with Gasteiger partial charge in [-0.2, -0.15) is 13.2 Å². The molecule has 1 N–H and O–H groups in total. The lowest BCUT2D eigenvalue weighted by atomic mass is 10.2. The second-order valence-corrected chi connectivity index (χ2v) is 7.74. The SMILES string of the molecule is COc1cnc(CS(=O)c2nc3cc4c(cc3[nH]2)OC(F)(F)C(F)O4)c(C)c1OC. The van der Waals surface area contributed by atoms with Crippen LogP contribution in [0.15, 0.2) is 23.5 Å². The zero-order chi connectivity index (χ0) is 21.6. The van der Waals surface area contributed by atoms with Crippen LogP contribution < -0.4 is 18.9 Å². The van der Waals surface area contributed by atoms with Gasteiger partial charge in [0.2, 0.25) is 0 Å². The number of methoxy groups -OCH3 is 2. The highest BCUT2D eigenvalue weighted by Gasteiger charge is 2.49. The number of rotatable bonds is 5. The minimum absolute atomic E-state index is 0.0172. The standard InChI is InChI=1S/C18H16F3N3O5S/c1-8-11(22-6-14(26-2)15(8)27-3)7-30(25)17-23-9-4-12-13(5-10(9)24-17)29-18(20,21)16(19)28-12/h4-6,16H,7H2,1-3H3,(H,23,24). The number of aromatic nitrogens is 3. The van der Waals surface area contributed by atoms with E-state index in [0.29, 0.717) is 22.8 Å². The smallest absolute Gasteiger partial charge is 0.468 e. The van der Waals surface area contributed by atoms with Gasteiger partial charge in [0.1, 0.15) is 0 Å². The number of hydrogen-bond donors (Lipinski definition) is 1. The van der Waals surface area contributed by atoms with Gasteiger partial charge in [0.05, 0.1) is 53.7 Å². The molecule has 0 fully saturated rings. The Morgan fingerprint density at radius 3 is 2.73 bits per heavy atom. The van der Waals surface area contributed by atoms with Gasteiger partial charge in [-0.05, 0) is 6.92 Å². The number of imidazole rings is 1. The highest BCUT2D eigenvalue weighted by molar-refractivity contribution is 7.84. The molecule has 0 spiro atoms. The molecule has 1 aromatic carbocycles. The number of H-pyrrole nitrogens is 1. The minimum atomic E-state index is -4.11. The highest BCUT2D eigenvalue weighted by atomic mass is 32.2. The van der Waals surface area contributed by atoms with E-state index >= 15 is 0 Å². The molecule has 30 heavy (non-hydrogen) atoms. The number of halogens is 3. The number of pyridine rings is 1. The van der Waals surface area contributed by atoms with Crippen LogP contribution in [0, 0.1) is 6.92 Å². The van der Waals surface area contributed by atoms with Crippen molar-refractivity contribution in [3.63, 3.8) is 0 Å². The number of aromatic amines is 1. The van der Waals surface area contributed by atoms with Gasteiger partial charge in [0.25, 0.3) is 0 Å². The summed E-state index contributed by atoms with van der Waals surface area (Å²) in [6.07, 6.45) is -5.58. The Hall–Kier alpha value is -3.02. The predicted octanol–water partition coefficient (Wildman–Crippen LogP) is 3.25. The molecule has 2 unspecified atom stereocenters. The van der Waals surface area contributed by atoms with Gasteiger partial charge in [0.15, 0.2) is 28.2 Å². The van der Waals surface area contributed by atoms with Crippen molar-refractivity contribution in [3.05, 3.63) is 29.6 Å². The third kappa shape index (κ3) is 3.40. The number of ether oxygens (including phenoxy) is 4. The van der Waals surface area contributed by atoms with Gasteiger partial charge in [-0.3, -0.25) is 9.19 Å². The molecule has 4 rings (SSSR count). The van der Waals surface area contributed by atoms with Gasteiger partial charge in [-0.1, -0.05) is 0 Å². The largest absolute Gasteiger partial charge is 0.492 e. The third-order valence-electron chi connectivity index (χ3n) is 4.51. The lowest BCUT2D eigenvalue weighted by Crippen LogP contribution is -2.43. The molecule has 8 nitrogen and oxygen atoms in total. The number of hydrogen-bond acceptors (Lipinski definition) is 7. The maximum absolute atomic E-state index is 13.4. The average molecular weight is 443 g/mol. The first-order valence-electron chi connectivity index (χ1n) is 8.59. The van der Waals surface area contributed by atoms with Gasteiger partial charge in [-0.15, -0.1) is 0 Å².